The van der Waals surface area contributed by atoms with Crippen molar-refractivity contribution < 1.29 is 4.79 Å². The Kier molecular flexibility index (Phi) is 11.3. The van der Waals surface area contributed by atoms with Crippen molar-refractivity contribution in [2.75, 3.05) is 51.7 Å². The molecule has 1 aromatic carbocycles. The van der Waals surface area contributed by atoms with Crippen molar-refractivity contribution in [3.8, 4) is 0 Å². The lowest BCUT2D eigenvalue weighted by atomic mass is 9.93. The van der Waals surface area contributed by atoms with Gasteiger partial charge in [0.1, 0.15) is 0 Å². The van der Waals surface area contributed by atoms with E-state index in [1.807, 2.05) is 7.05 Å². The fourth-order valence-electron chi connectivity index (χ4n) is 3.64. The van der Waals surface area contributed by atoms with Crippen LogP contribution in [0.5, 0.6) is 0 Å². The zero-order valence-corrected chi connectivity index (χ0v) is 20.0. The molecule has 158 valence electrons. The van der Waals surface area contributed by atoms with Crippen LogP contribution in [0.25, 0.3) is 0 Å². The Morgan fingerprint density at radius 1 is 1.32 bits per heavy atom. The van der Waals surface area contributed by atoms with E-state index in [4.69, 9.17) is 0 Å². The molecule has 28 heavy (non-hydrogen) atoms. The highest BCUT2D eigenvalue weighted by atomic mass is 127. The maximum atomic E-state index is 11.6. The van der Waals surface area contributed by atoms with E-state index in [1.54, 1.807) is 7.05 Å². The SMILES string of the molecule is CCN(CCNC(=NC)N1CCC(CC(=O)NC)CC1)c1cccc(C)c1.I. The Balaban J connectivity index is 0.00000392. The molecule has 1 fully saturated rings. The van der Waals surface area contributed by atoms with Crippen molar-refractivity contribution in [1.29, 1.82) is 0 Å². The van der Waals surface area contributed by atoms with Gasteiger partial charge in [-0.05, 0) is 50.3 Å². The second kappa shape index (κ2) is 12.9. The summed E-state index contributed by atoms with van der Waals surface area (Å²) in [6.07, 6.45) is 2.72. The number of carbonyl (C=O) groups excluding carboxylic acids is 1. The predicted octanol–water partition coefficient (Wildman–Crippen LogP) is 2.86. The van der Waals surface area contributed by atoms with Crippen molar-refractivity contribution in [2.24, 2.45) is 10.9 Å². The predicted molar refractivity (Wildman–Crippen MR) is 129 cm³/mol. The number of guanidine groups is 1. The fourth-order valence-corrected chi connectivity index (χ4v) is 3.64. The summed E-state index contributed by atoms with van der Waals surface area (Å²) in [5.41, 5.74) is 2.55. The number of nitrogens with zero attached hydrogens (tertiary/aromatic N) is 3. The first-order valence-corrected chi connectivity index (χ1v) is 10.0. The van der Waals surface area contributed by atoms with E-state index in [0.717, 1.165) is 51.5 Å². The molecule has 1 heterocycles. The van der Waals surface area contributed by atoms with Crippen LogP contribution in [0.3, 0.4) is 0 Å². The van der Waals surface area contributed by atoms with Crippen molar-refractivity contribution in [3.05, 3.63) is 29.8 Å². The third-order valence-corrected chi connectivity index (χ3v) is 5.29. The van der Waals surface area contributed by atoms with Gasteiger partial charge >= 0.3 is 0 Å². The van der Waals surface area contributed by atoms with Gasteiger partial charge in [0, 0.05) is 58.9 Å². The smallest absolute Gasteiger partial charge is 0.220 e. The summed E-state index contributed by atoms with van der Waals surface area (Å²) in [5.74, 6) is 1.59. The lowest BCUT2D eigenvalue weighted by Crippen LogP contribution is -2.47. The maximum absolute atomic E-state index is 11.6. The number of aliphatic imine (C=N–C) groups is 1. The van der Waals surface area contributed by atoms with Crippen molar-refractivity contribution in [2.45, 2.75) is 33.1 Å². The molecule has 1 aliphatic rings. The van der Waals surface area contributed by atoms with Gasteiger partial charge in [-0.1, -0.05) is 12.1 Å². The first kappa shape index (κ1) is 24.5. The molecule has 1 aliphatic heterocycles. The number of anilines is 1. The van der Waals surface area contributed by atoms with Crippen LogP contribution in [0, 0.1) is 12.8 Å². The van der Waals surface area contributed by atoms with Crippen LogP contribution in [-0.2, 0) is 4.79 Å². The Hall–Kier alpha value is -1.51. The maximum Gasteiger partial charge on any atom is 0.220 e. The van der Waals surface area contributed by atoms with Crippen LogP contribution in [0.15, 0.2) is 29.3 Å². The minimum atomic E-state index is 0. The molecule has 0 unspecified atom stereocenters. The molecule has 0 aromatic heterocycles. The lowest BCUT2D eigenvalue weighted by molar-refractivity contribution is -0.121. The van der Waals surface area contributed by atoms with Gasteiger partial charge in [-0.25, -0.2) is 0 Å². The van der Waals surface area contributed by atoms with E-state index < -0.39 is 0 Å². The Bertz CT molecular complexity index is 629. The molecule has 1 saturated heterocycles. The zero-order valence-electron chi connectivity index (χ0n) is 17.7. The number of likely N-dealkylation sites (tertiary alicyclic amines) is 1. The van der Waals surface area contributed by atoms with E-state index in [1.165, 1.54) is 11.3 Å². The highest BCUT2D eigenvalue weighted by Gasteiger charge is 2.23. The zero-order chi connectivity index (χ0) is 19.6. The average molecular weight is 501 g/mol. The molecular weight excluding hydrogens is 465 g/mol. The first-order chi connectivity index (χ1) is 13.1. The normalized spacial score (nSPS) is 15.0. The Morgan fingerprint density at radius 3 is 2.61 bits per heavy atom. The summed E-state index contributed by atoms with van der Waals surface area (Å²) in [6, 6.07) is 8.64. The number of hydrogen-bond acceptors (Lipinski definition) is 3. The molecule has 2 N–H and O–H groups in total. The molecule has 0 aliphatic carbocycles. The number of rotatable bonds is 7. The summed E-state index contributed by atoms with van der Waals surface area (Å²) in [7, 11) is 3.55. The van der Waals surface area contributed by atoms with Gasteiger partial charge in [0.2, 0.25) is 5.91 Å². The molecule has 0 atom stereocenters. The number of benzene rings is 1. The number of amides is 1. The fraction of sp³-hybridized carbons (Fsp3) is 0.619. The summed E-state index contributed by atoms with van der Waals surface area (Å²) < 4.78 is 0. The molecular formula is C21H36IN5O. The van der Waals surface area contributed by atoms with Gasteiger partial charge in [0.15, 0.2) is 5.96 Å². The number of piperidine rings is 1. The highest BCUT2D eigenvalue weighted by Crippen LogP contribution is 2.20. The summed E-state index contributed by atoms with van der Waals surface area (Å²) in [6.45, 7) is 9.00. The van der Waals surface area contributed by atoms with Gasteiger partial charge < -0.3 is 20.4 Å². The van der Waals surface area contributed by atoms with Gasteiger partial charge in [-0.3, -0.25) is 9.79 Å². The first-order valence-electron chi connectivity index (χ1n) is 10.0. The molecule has 2 rings (SSSR count). The third kappa shape index (κ3) is 7.48. The number of aryl methyl sites for hydroxylation is 1. The highest BCUT2D eigenvalue weighted by molar-refractivity contribution is 14.0. The van der Waals surface area contributed by atoms with Crippen LogP contribution in [-0.4, -0.2) is 63.6 Å². The number of nitrogens with one attached hydrogen (secondary N) is 2. The summed E-state index contributed by atoms with van der Waals surface area (Å²) in [5, 5.41) is 6.24. The average Bonchev–Trinajstić information content (AvgIpc) is 2.69. The van der Waals surface area contributed by atoms with Crippen molar-refractivity contribution >= 4 is 41.5 Å². The molecule has 0 spiro atoms. The molecule has 0 bridgehead atoms. The molecule has 6 nitrogen and oxygen atoms in total. The number of halogens is 1. The van der Waals surface area contributed by atoms with Gasteiger partial charge in [-0.15, -0.1) is 24.0 Å². The van der Waals surface area contributed by atoms with Crippen LogP contribution in [0.4, 0.5) is 5.69 Å². The molecule has 7 heteroatoms. The van der Waals surface area contributed by atoms with Crippen molar-refractivity contribution in [3.63, 3.8) is 0 Å². The summed E-state index contributed by atoms with van der Waals surface area (Å²) >= 11 is 0. The minimum absolute atomic E-state index is 0. The topological polar surface area (TPSA) is 60.0 Å². The van der Waals surface area contributed by atoms with Crippen molar-refractivity contribution in [1.82, 2.24) is 15.5 Å². The second-order valence-corrected chi connectivity index (χ2v) is 7.20. The van der Waals surface area contributed by atoms with Gasteiger partial charge in [-0.2, -0.15) is 0 Å². The molecule has 1 amide bonds. The number of hydrogen-bond donors (Lipinski definition) is 2. The quantitative estimate of drug-likeness (QED) is 0.343. The number of carbonyl (C=O) groups is 1. The van der Waals surface area contributed by atoms with E-state index in [-0.39, 0.29) is 29.9 Å². The summed E-state index contributed by atoms with van der Waals surface area (Å²) in [4.78, 5) is 20.7. The monoisotopic (exact) mass is 501 g/mol. The van der Waals surface area contributed by atoms with E-state index in [0.29, 0.717) is 12.3 Å². The van der Waals surface area contributed by atoms with E-state index in [9.17, 15) is 4.79 Å². The molecule has 1 aromatic rings. The molecule has 0 saturated carbocycles. The van der Waals surface area contributed by atoms with E-state index in [2.05, 4.69) is 63.5 Å². The largest absolute Gasteiger partial charge is 0.370 e. The van der Waals surface area contributed by atoms with Crippen LogP contribution >= 0.6 is 24.0 Å². The van der Waals surface area contributed by atoms with Gasteiger partial charge in [0.05, 0.1) is 0 Å². The Labute approximate surface area is 187 Å². The van der Waals surface area contributed by atoms with Crippen LogP contribution < -0.4 is 15.5 Å². The number of likely N-dealkylation sites (N-methyl/N-ethyl adjacent to an activating group) is 1. The van der Waals surface area contributed by atoms with E-state index >= 15 is 0 Å². The molecule has 0 radical (unpaired) electrons. The lowest BCUT2D eigenvalue weighted by Gasteiger charge is -2.34. The van der Waals surface area contributed by atoms with Crippen LogP contribution in [0.2, 0.25) is 0 Å². The second-order valence-electron chi connectivity index (χ2n) is 7.20. The standard InChI is InChI=1S/C21H35N5O.HI/c1-5-25(19-8-6-7-17(2)15-19)14-11-24-21(23-4)26-12-9-18(10-13-26)16-20(27)22-3;/h6-8,15,18H,5,9-14,16H2,1-4H3,(H,22,27)(H,23,24);1H. The van der Waals surface area contributed by atoms with Gasteiger partial charge in [0.25, 0.3) is 0 Å². The minimum Gasteiger partial charge on any atom is -0.370 e. The third-order valence-electron chi connectivity index (χ3n) is 5.29. The van der Waals surface area contributed by atoms with Crippen LogP contribution in [0.1, 0.15) is 31.7 Å². The Morgan fingerprint density at radius 2 is 2.04 bits per heavy atom.